The second kappa shape index (κ2) is 6.45. The van der Waals surface area contributed by atoms with Crippen molar-refractivity contribution in [2.75, 3.05) is 5.32 Å². The Morgan fingerprint density at radius 1 is 1.19 bits per heavy atom. The molecule has 0 saturated heterocycles. The number of H-pyrrole nitrogens is 1. The van der Waals surface area contributed by atoms with Crippen molar-refractivity contribution in [1.82, 2.24) is 15.0 Å². The topological polar surface area (TPSA) is 73.8 Å². The number of pyridine rings is 1. The number of aliphatic hydroxyl groups excluding tert-OH is 1. The number of aromatic nitrogens is 3. The molecule has 7 heteroatoms. The Labute approximate surface area is 163 Å². The number of aromatic amines is 1. The molecule has 4 heterocycles. The van der Waals surface area contributed by atoms with Gasteiger partial charge in [0.15, 0.2) is 0 Å². The van der Waals surface area contributed by atoms with Gasteiger partial charge in [-0.2, -0.15) is 0 Å². The van der Waals surface area contributed by atoms with E-state index in [9.17, 15) is 5.11 Å². The van der Waals surface area contributed by atoms with Crippen molar-refractivity contribution in [3.05, 3.63) is 59.4 Å². The molecule has 5 nitrogen and oxygen atoms in total. The van der Waals surface area contributed by atoms with E-state index in [0.717, 1.165) is 42.7 Å². The summed E-state index contributed by atoms with van der Waals surface area (Å²) >= 11 is 3.21. The largest absolute Gasteiger partial charge is 0.390 e. The SMILES string of the molecule is Cc1cc2cc(Nc3ccnc4cc(-c5nc(CO)cs5)sc34)ccc2[nH]1. The summed E-state index contributed by atoms with van der Waals surface area (Å²) in [6.07, 6.45) is 1.82. The molecular formula is C20H16N4OS2. The molecule has 0 atom stereocenters. The van der Waals surface area contributed by atoms with Crippen molar-refractivity contribution in [2.45, 2.75) is 13.5 Å². The van der Waals surface area contributed by atoms with Crippen LogP contribution in [-0.2, 0) is 6.61 Å². The number of nitrogens with zero attached hydrogens (tertiary/aromatic N) is 2. The van der Waals surface area contributed by atoms with Gasteiger partial charge in [0.25, 0.3) is 0 Å². The van der Waals surface area contributed by atoms with E-state index in [1.54, 1.807) is 22.7 Å². The average molecular weight is 393 g/mol. The van der Waals surface area contributed by atoms with Crippen LogP contribution >= 0.6 is 22.7 Å². The fourth-order valence-corrected chi connectivity index (χ4v) is 5.10. The van der Waals surface area contributed by atoms with E-state index in [1.807, 2.05) is 17.6 Å². The van der Waals surface area contributed by atoms with Crippen molar-refractivity contribution in [3.63, 3.8) is 0 Å². The standard InChI is InChI=1S/C20H16N4OS2/c1-11-6-12-7-13(2-3-15(12)22-11)23-16-4-5-21-17-8-18(27-19(16)17)20-24-14(9-25)10-26-20/h2-8,10,22,25H,9H2,1H3,(H,21,23). The summed E-state index contributed by atoms with van der Waals surface area (Å²) in [6.45, 7) is 2.03. The van der Waals surface area contributed by atoms with Gasteiger partial charge in [-0.3, -0.25) is 4.98 Å². The molecule has 0 amide bonds. The third kappa shape index (κ3) is 2.99. The zero-order chi connectivity index (χ0) is 18.4. The van der Waals surface area contributed by atoms with Gasteiger partial charge in [0.1, 0.15) is 5.01 Å². The summed E-state index contributed by atoms with van der Waals surface area (Å²) in [7, 11) is 0. The highest BCUT2D eigenvalue weighted by atomic mass is 32.1. The zero-order valence-electron chi connectivity index (χ0n) is 14.5. The molecule has 4 aromatic heterocycles. The van der Waals surface area contributed by atoms with Gasteiger partial charge in [0.05, 0.1) is 33.1 Å². The fraction of sp³-hybridized carbons (Fsp3) is 0.100. The Hall–Kier alpha value is -2.74. The minimum Gasteiger partial charge on any atom is -0.390 e. The molecule has 0 aliphatic heterocycles. The summed E-state index contributed by atoms with van der Waals surface area (Å²) in [6, 6.07) is 12.5. The van der Waals surface area contributed by atoms with Gasteiger partial charge in [-0.1, -0.05) is 0 Å². The molecule has 0 spiro atoms. The van der Waals surface area contributed by atoms with Gasteiger partial charge < -0.3 is 15.4 Å². The lowest BCUT2D eigenvalue weighted by atomic mass is 10.2. The number of aliphatic hydroxyl groups is 1. The number of nitrogens with one attached hydrogen (secondary N) is 2. The van der Waals surface area contributed by atoms with E-state index < -0.39 is 0 Å². The van der Waals surface area contributed by atoms with Crippen molar-refractivity contribution in [2.24, 2.45) is 0 Å². The quantitative estimate of drug-likeness (QED) is 0.380. The lowest BCUT2D eigenvalue weighted by molar-refractivity contribution is 0.278. The van der Waals surface area contributed by atoms with Crippen LogP contribution in [-0.4, -0.2) is 20.1 Å². The van der Waals surface area contributed by atoms with E-state index in [0.29, 0.717) is 5.69 Å². The first-order valence-electron chi connectivity index (χ1n) is 8.50. The van der Waals surface area contributed by atoms with Crippen LogP contribution in [0.3, 0.4) is 0 Å². The Morgan fingerprint density at radius 3 is 2.96 bits per heavy atom. The van der Waals surface area contributed by atoms with Crippen LogP contribution < -0.4 is 5.32 Å². The number of hydrogen-bond acceptors (Lipinski definition) is 6. The molecule has 0 fully saturated rings. The Balaban J connectivity index is 1.53. The molecule has 0 bridgehead atoms. The van der Waals surface area contributed by atoms with Crippen LogP contribution in [0.5, 0.6) is 0 Å². The predicted molar refractivity (Wildman–Crippen MR) is 113 cm³/mol. The van der Waals surface area contributed by atoms with Crippen LogP contribution in [0.2, 0.25) is 0 Å². The van der Waals surface area contributed by atoms with Crippen molar-refractivity contribution in [3.8, 4) is 9.88 Å². The number of hydrogen-bond donors (Lipinski definition) is 3. The molecule has 0 radical (unpaired) electrons. The van der Waals surface area contributed by atoms with E-state index in [2.05, 4.69) is 57.5 Å². The van der Waals surface area contributed by atoms with Crippen molar-refractivity contribution in [1.29, 1.82) is 0 Å². The van der Waals surface area contributed by atoms with Gasteiger partial charge in [0, 0.05) is 33.9 Å². The zero-order valence-corrected chi connectivity index (χ0v) is 16.1. The van der Waals surface area contributed by atoms with E-state index >= 15 is 0 Å². The summed E-state index contributed by atoms with van der Waals surface area (Å²) in [5, 5.41) is 16.8. The number of anilines is 2. The van der Waals surface area contributed by atoms with E-state index in [4.69, 9.17) is 0 Å². The highest BCUT2D eigenvalue weighted by Gasteiger charge is 2.12. The molecule has 0 aliphatic carbocycles. The molecule has 0 unspecified atom stereocenters. The maximum absolute atomic E-state index is 9.25. The number of benzene rings is 1. The molecule has 0 aliphatic rings. The number of aryl methyl sites for hydroxylation is 1. The number of rotatable bonds is 4. The summed E-state index contributed by atoms with van der Waals surface area (Å²) in [5.74, 6) is 0. The van der Waals surface area contributed by atoms with Crippen LogP contribution in [0.1, 0.15) is 11.4 Å². The Morgan fingerprint density at radius 2 is 2.11 bits per heavy atom. The maximum Gasteiger partial charge on any atom is 0.133 e. The summed E-state index contributed by atoms with van der Waals surface area (Å²) in [5.41, 5.74) is 6.01. The highest BCUT2D eigenvalue weighted by Crippen LogP contribution is 2.38. The van der Waals surface area contributed by atoms with Gasteiger partial charge in [-0.15, -0.1) is 22.7 Å². The smallest absolute Gasteiger partial charge is 0.133 e. The lowest BCUT2D eigenvalue weighted by Gasteiger charge is -2.07. The first kappa shape index (κ1) is 16.4. The second-order valence-corrected chi connectivity index (χ2v) is 8.28. The van der Waals surface area contributed by atoms with Crippen molar-refractivity contribution >= 4 is 55.2 Å². The minimum absolute atomic E-state index is 0.0342. The second-order valence-electron chi connectivity index (χ2n) is 6.37. The predicted octanol–water partition coefficient (Wildman–Crippen LogP) is 5.45. The molecule has 134 valence electrons. The first-order valence-corrected chi connectivity index (χ1v) is 10.2. The van der Waals surface area contributed by atoms with Gasteiger partial charge >= 0.3 is 0 Å². The monoisotopic (exact) mass is 392 g/mol. The molecular weight excluding hydrogens is 376 g/mol. The van der Waals surface area contributed by atoms with Crippen molar-refractivity contribution < 1.29 is 5.11 Å². The summed E-state index contributed by atoms with van der Waals surface area (Å²) < 4.78 is 1.10. The molecule has 1 aromatic carbocycles. The number of fused-ring (bicyclic) bond motifs is 2. The van der Waals surface area contributed by atoms with Crippen LogP contribution in [0.25, 0.3) is 31.0 Å². The van der Waals surface area contributed by atoms with Crippen LogP contribution in [0.15, 0.2) is 48.0 Å². The molecule has 27 heavy (non-hydrogen) atoms. The first-order chi connectivity index (χ1) is 13.2. The normalized spacial score (nSPS) is 11.5. The molecule has 0 saturated carbocycles. The minimum atomic E-state index is -0.0342. The van der Waals surface area contributed by atoms with E-state index in [1.165, 1.54) is 5.39 Å². The average Bonchev–Trinajstić information content (AvgIpc) is 3.38. The number of thiophene rings is 1. The van der Waals surface area contributed by atoms with Gasteiger partial charge in [-0.05, 0) is 43.3 Å². The summed E-state index contributed by atoms with van der Waals surface area (Å²) in [4.78, 5) is 13.4. The maximum atomic E-state index is 9.25. The molecule has 3 N–H and O–H groups in total. The fourth-order valence-electron chi connectivity index (χ4n) is 3.15. The molecule has 5 rings (SSSR count). The Bertz CT molecular complexity index is 1270. The van der Waals surface area contributed by atoms with Crippen LogP contribution in [0, 0.1) is 6.92 Å². The highest BCUT2D eigenvalue weighted by molar-refractivity contribution is 7.25. The third-order valence-electron chi connectivity index (χ3n) is 4.37. The van der Waals surface area contributed by atoms with Gasteiger partial charge in [0.2, 0.25) is 0 Å². The Kier molecular flexibility index (Phi) is 3.93. The third-order valence-corrected chi connectivity index (χ3v) is 6.59. The lowest BCUT2D eigenvalue weighted by Crippen LogP contribution is -1.90. The van der Waals surface area contributed by atoms with Gasteiger partial charge in [-0.25, -0.2) is 4.98 Å². The van der Waals surface area contributed by atoms with E-state index in [-0.39, 0.29) is 6.61 Å². The molecule has 5 aromatic rings. The van der Waals surface area contributed by atoms with Crippen LogP contribution in [0.4, 0.5) is 11.4 Å². The number of thiazole rings is 1.